The number of hydrogen-bond donors (Lipinski definition) is 1. The fourth-order valence-electron chi connectivity index (χ4n) is 7.44. The molecule has 2 saturated heterocycles. The van der Waals surface area contributed by atoms with Gasteiger partial charge in [-0.3, -0.25) is 0 Å². The first-order valence-electron chi connectivity index (χ1n) is 15.4. The largest absolute Gasteiger partial charge is 0.463 e. The van der Waals surface area contributed by atoms with Crippen molar-refractivity contribution in [3.8, 4) is 6.01 Å². The van der Waals surface area contributed by atoms with Gasteiger partial charge in [-0.05, 0) is 93.9 Å². The monoisotopic (exact) mass is 530 g/mol. The van der Waals surface area contributed by atoms with Crippen LogP contribution in [0.4, 0.5) is 11.9 Å². The van der Waals surface area contributed by atoms with Gasteiger partial charge in [-0.25, -0.2) is 0 Å². The molecule has 1 aromatic heterocycles. The lowest BCUT2D eigenvalue weighted by atomic mass is 9.77. The van der Waals surface area contributed by atoms with Crippen molar-refractivity contribution in [1.29, 1.82) is 0 Å². The van der Waals surface area contributed by atoms with Gasteiger partial charge >= 0.3 is 6.01 Å². The van der Waals surface area contributed by atoms with E-state index in [9.17, 15) is 0 Å². The number of nitrogens with two attached hydrogens (primary N) is 1. The molecule has 0 saturated carbocycles. The normalized spacial score (nSPS) is 22.5. The van der Waals surface area contributed by atoms with Crippen LogP contribution in [0.25, 0.3) is 0 Å². The average Bonchev–Trinajstić information content (AvgIpc) is 2.74. The van der Waals surface area contributed by atoms with Crippen LogP contribution in [-0.4, -0.2) is 49.8 Å². The van der Waals surface area contributed by atoms with Crippen molar-refractivity contribution in [2.45, 2.75) is 174 Å². The SMILES string of the molecule is CCCCCCCCCCOc1nc(N2C(C)(C)CCCC2(C)C)nc(N2C(C)(C)CC(N)CC2(C)C)n1. The molecule has 0 aliphatic carbocycles. The molecular formula is C31H58N6O. The highest BCUT2D eigenvalue weighted by Crippen LogP contribution is 2.44. The van der Waals surface area contributed by atoms with Crippen molar-refractivity contribution in [3.63, 3.8) is 0 Å². The zero-order valence-corrected chi connectivity index (χ0v) is 26.2. The molecule has 3 heterocycles. The van der Waals surface area contributed by atoms with Gasteiger partial charge in [-0.2, -0.15) is 15.0 Å². The topological polar surface area (TPSA) is 80.4 Å². The van der Waals surface area contributed by atoms with Crippen LogP contribution >= 0.6 is 0 Å². The molecule has 0 unspecified atom stereocenters. The minimum absolute atomic E-state index is 0.0509. The van der Waals surface area contributed by atoms with Gasteiger partial charge in [0.05, 0.1) is 6.61 Å². The first-order valence-corrected chi connectivity index (χ1v) is 15.4. The van der Waals surface area contributed by atoms with Gasteiger partial charge in [0.15, 0.2) is 0 Å². The van der Waals surface area contributed by atoms with Crippen LogP contribution in [0.3, 0.4) is 0 Å². The third-order valence-corrected chi connectivity index (χ3v) is 8.74. The van der Waals surface area contributed by atoms with Crippen LogP contribution in [-0.2, 0) is 0 Å². The average molecular weight is 531 g/mol. The van der Waals surface area contributed by atoms with Gasteiger partial charge in [-0.1, -0.05) is 51.9 Å². The summed E-state index contributed by atoms with van der Waals surface area (Å²) in [6.45, 7) is 21.2. The van der Waals surface area contributed by atoms with E-state index in [1.807, 2.05) is 0 Å². The van der Waals surface area contributed by atoms with E-state index < -0.39 is 0 Å². The van der Waals surface area contributed by atoms with Gasteiger partial charge in [0, 0.05) is 28.2 Å². The maximum absolute atomic E-state index is 6.50. The van der Waals surface area contributed by atoms with Crippen molar-refractivity contribution >= 4 is 11.9 Å². The summed E-state index contributed by atoms with van der Waals surface area (Å²) in [4.78, 5) is 19.9. The molecule has 7 heteroatoms. The first-order chi connectivity index (χ1) is 17.7. The zero-order valence-electron chi connectivity index (χ0n) is 26.2. The molecule has 0 aromatic carbocycles. The lowest BCUT2D eigenvalue weighted by Gasteiger charge is -2.55. The van der Waals surface area contributed by atoms with E-state index in [4.69, 9.17) is 25.4 Å². The number of hydrogen-bond acceptors (Lipinski definition) is 7. The minimum atomic E-state index is -0.179. The van der Waals surface area contributed by atoms with E-state index in [0.29, 0.717) is 18.6 Å². The van der Waals surface area contributed by atoms with Crippen LogP contribution in [0, 0.1) is 0 Å². The van der Waals surface area contributed by atoms with E-state index >= 15 is 0 Å². The molecule has 2 fully saturated rings. The number of rotatable bonds is 12. The summed E-state index contributed by atoms with van der Waals surface area (Å²) in [5.41, 5.74) is 6.04. The van der Waals surface area contributed by atoms with E-state index in [0.717, 1.165) is 38.1 Å². The predicted molar refractivity (Wildman–Crippen MR) is 160 cm³/mol. The number of piperidine rings is 2. The number of anilines is 2. The van der Waals surface area contributed by atoms with Crippen molar-refractivity contribution < 1.29 is 4.74 Å². The van der Waals surface area contributed by atoms with Gasteiger partial charge < -0.3 is 20.3 Å². The molecule has 218 valence electrons. The molecular weight excluding hydrogens is 472 g/mol. The third kappa shape index (κ3) is 7.51. The summed E-state index contributed by atoms with van der Waals surface area (Å²) in [7, 11) is 0. The lowest BCUT2D eigenvalue weighted by molar-refractivity contribution is 0.212. The van der Waals surface area contributed by atoms with Gasteiger partial charge in [0.2, 0.25) is 11.9 Å². The highest BCUT2D eigenvalue weighted by Gasteiger charge is 2.47. The molecule has 3 rings (SSSR count). The van der Waals surface area contributed by atoms with E-state index in [2.05, 4.69) is 72.1 Å². The summed E-state index contributed by atoms with van der Waals surface area (Å²) >= 11 is 0. The Morgan fingerprint density at radius 1 is 0.684 bits per heavy atom. The second-order valence-electron chi connectivity index (χ2n) is 14.5. The Balaban J connectivity index is 1.87. The Kier molecular flexibility index (Phi) is 9.97. The van der Waals surface area contributed by atoms with Crippen LogP contribution in [0.1, 0.15) is 146 Å². The highest BCUT2D eigenvalue weighted by molar-refractivity contribution is 5.49. The molecule has 0 amide bonds. The van der Waals surface area contributed by atoms with Crippen molar-refractivity contribution in [2.75, 3.05) is 16.4 Å². The van der Waals surface area contributed by atoms with Crippen molar-refractivity contribution in [3.05, 3.63) is 0 Å². The Bertz CT molecular complexity index is 862. The number of ether oxygens (including phenoxy) is 1. The fraction of sp³-hybridized carbons (Fsp3) is 0.903. The number of nitrogens with zero attached hydrogens (tertiary/aromatic N) is 5. The first kappa shape index (κ1) is 30.9. The molecule has 2 aliphatic rings. The smallest absolute Gasteiger partial charge is 0.323 e. The Labute approximate surface area is 233 Å². The summed E-state index contributed by atoms with van der Waals surface area (Å²) in [6, 6.07) is 0.613. The molecule has 0 atom stereocenters. The minimum Gasteiger partial charge on any atom is -0.463 e. The summed E-state index contributed by atoms with van der Waals surface area (Å²) in [5.74, 6) is 1.44. The van der Waals surface area contributed by atoms with Crippen LogP contribution in [0.5, 0.6) is 6.01 Å². The molecule has 1 aromatic rings. The standard InChI is InChI=1S/C31H58N6O/c1-10-11-12-13-14-15-16-17-21-38-27-34-25(36-28(2,3)19-18-20-29(36,4)5)33-26(35-27)37-30(6,7)22-24(32)23-31(37,8)9/h24H,10-23,32H2,1-9H3. The predicted octanol–water partition coefficient (Wildman–Crippen LogP) is 7.42. The molecule has 0 bridgehead atoms. The number of unbranched alkanes of at least 4 members (excludes halogenated alkanes) is 7. The quantitative estimate of drug-likeness (QED) is 0.282. The van der Waals surface area contributed by atoms with Crippen molar-refractivity contribution in [2.24, 2.45) is 5.73 Å². The summed E-state index contributed by atoms with van der Waals surface area (Å²) in [6.07, 6.45) is 15.4. The second kappa shape index (κ2) is 12.3. The van der Waals surface area contributed by atoms with Gasteiger partial charge in [0.1, 0.15) is 0 Å². The molecule has 0 radical (unpaired) electrons. The van der Waals surface area contributed by atoms with Crippen LogP contribution in [0.15, 0.2) is 0 Å². The van der Waals surface area contributed by atoms with Crippen LogP contribution in [0.2, 0.25) is 0 Å². The highest BCUT2D eigenvalue weighted by atomic mass is 16.5. The van der Waals surface area contributed by atoms with E-state index in [-0.39, 0.29) is 28.2 Å². The van der Waals surface area contributed by atoms with Crippen LogP contribution < -0.4 is 20.3 Å². The molecule has 2 aliphatic heterocycles. The Morgan fingerprint density at radius 3 is 1.63 bits per heavy atom. The maximum atomic E-state index is 6.50. The van der Waals surface area contributed by atoms with Gasteiger partial charge in [-0.15, -0.1) is 0 Å². The number of aromatic nitrogens is 3. The zero-order chi connectivity index (χ0) is 28.2. The van der Waals surface area contributed by atoms with Gasteiger partial charge in [0.25, 0.3) is 0 Å². The Morgan fingerprint density at radius 2 is 1.13 bits per heavy atom. The summed E-state index contributed by atoms with van der Waals surface area (Å²) < 4.78 is 6.27. The summed E-state index contributed by atoms with van der Waals surface area (Å²) in [5, 5.41) is 0. The molecule has 0 spiro atoms. The molecule has 38 heavy (non-hydrogen) atoms. The van der Waals surface area contributed by atoms with Crippen molar-refractivity contribution in [1.82, 2.24) is 15.0 Å². The second-order valence-corrected chi connectivity index (χ2v) is 14.5. The Hall–Kier alpha value is -1.63. The lowest BCUT2D eigenvalue weighted by Crippen LogP contribution is -2.64. The fourth-order valence-corrected chi connectivity index (χ4v) is 7.44. The molecule has 2 N–H and O–H groups in total. The van der Waals surface area contributed by atoms with E-state index in [1.54, 1.807) is 0 Å². The van der Waals surface area contributed by atoms with E-state index in [1.165, 1.54) is 51.4 Å². The third-order valence-electron chi connectivity index (χ3n) is 8.74. The maximum Gasteiger partial charge on any atom is 0.323 e. The molecule has 7 nitrogen and oxygen atoms in total.